The van der Waals surface area contributed by atoms with Crippen molar-refractivity contribution in [1.82, 2.24) is 15.5 Å². The molecule has 22 heavy (non-hydrogen) atoms. The zero-order valence-electron chi connectivity index (χ0n) is 13.6. The van der Waals surface area contributed by atoms with Gasteiger partial charge in [-0.2, -0.15) is 0 Å². The van der Waals surface area contributed by atoms with Crippen molar-refractivity contribution in [3.63, 3.8) is 0 Å². The highest BCUT2D eigenvalue weighted by atomic mass is 16.3. The molecule has 3 N–H and O–H groups in total. The SMILES string of the molecule is O=C(NCC1(N2CCCCC2)CCCCC1)C1CC(O)CN1. The summed E-state index contributed by atoms with van der Waals surface area (Å²) in [7, 11) is 0. The topological polar surface area (TPSA) is 64.6 Å². The molecule has 0 aromatic rings. The molecule has 3 fully saturated rings. The van der Waals surface area contributed by atoms with E-state index in [9.17, 15) is 9.90 Å². The van der Waals surface area contributed by atoms with Gasteiger partial charge in [0.05, 0.1) is 12.1 Å². The predicted octanol–water partition coefficient (Wildman–Crippen LogP) is 1.01. The minimum atomic E-state index is -0.374. The second-order valence-electron chi connectivity index (χ2n) is 7.40. The molecular formula is C17H31N3O2. The molecule has 2 unspecified atom stereocenters. The quantitative estimate of drug-likeness (QED) is 0.725. The van der Waals surface area contributed by atoms with Crippen LogP contribution < -0.4 is 10.6 Å². The standard InChI is InChI=1S/C17H31N3O2/c21-14-11-15(18-12-14)16(22)19-13-17(7-3-1-4-8-17)20-9-5-2-6-10-20/h14-15,18,21H,1-13H2,(H,19,22). The first kappa shape index (κ1) is 16.2. The maximum atomic E-state index is 12.4. The third-order valence-corrected chi connectivity index (χ3v) is 5.83. The van der Waals surface area contributed by atoms with Crippen LogP contribution in [0.15, 0.2) is 0 Å². The first-order valence-electron chi connectivity index (χ1n) is 9.14. The van der Waals surface area contributed by atoms with E-state index in [1.165, 1.54) is 64.5 Å². The largest absolute Gasteiger partial charge is 0.392 e. The highest BCUT2D eigenvalue weighted by Gasteiger charge is 2.39. The molecular weight excluding hydrogens is 278 g/mol. The van der Waals surface area contributed by atoms with Crippen LogP contribution in [0.3, 0.4) is 0 Å². The molecule has 0 spiro atoms. The lowest BCUT2D eigenvalue weighted by Gasteiger charge is -2.48. The van der Waals surface area contributed by atoms with E-state index < -0.39 is 0 Å². The first-order chi connectivity index (χ1) is 10.7. The molecule has 0 aromatic heterocycles. The van der Waals surface area contributed by atoms with Gasteiger partial charge in [-0.25, -0.2) is 0 Å². The predicted molar refractivity (Wildman–Crippen MR) is 86.7 cm³/mol. The van der Waals surface area contributed by atoms with E-state index in [1.54, 1.807) is 0 Å². The van der Waals surface area contributed by atoms with Crippen molar-refractivity contribution in [1.29, 1.82) is 0 Å². The van der Waals surface area contributed by atoms with Gasteiger partial charge in [0.1, 0.15) is 0 Å². The molecule has 0 radical (unpaired) electrons. The highest BCUT2D eigenvalue weighted by Crippen LogP contribution is 2.35. The van der Waals surface area contributed by atoms with E-state index >= 15 is 0 Å². The fourth-order valence-corrected chi connectivity index (χ4v) is 4.47. The Bertz CT molecular complexity index is 376. The third kappa shape index (κ3) is 3.63. The number of nitrogens with zero attached hydrogens (tertiary/aromatic N) is 1. The highest BCUT2D eigenvalue weighted by molar-refractivity contribution is 5.82. The number of piperidine rings is 1. The summed E-state index contributed by atoms with van der Waals surface area (Å²) in [5.41, 5.74) is 0.186. The molecule has 126 valence electrons. The van der Waals surface area contributed by atoms with Crippen LogP contribution in [0.4, 0.5) is 0 Å². The average molecular weight is 309 g/mol. The lowest BCUT2D eigenvalue weighted by atomic mass is 9.79. The van der Waals surface area contributed by atoms with Crippen molar-refractivity contribution in [2.45, 2.75) is 75.5 Å². The Morgan fingerprint density at radius 3 is 2.45 bits per heavy atom. The Morgan fingerprint density at radius 2 is 1.82 bits per heavy atom. The lowest BCUT2D eigenvalue weighted by molar-refractivity contribution is -0.124. The van der Waals surface area contributed by atoms with Gasteiger partial charge in [0.2, 0.25) is 5.91 Å². The number of carbonyl (C=O) groups is 1. The molecule has 0 aromatic carbocycles. The molecule has 3 aliphatic rings. The monoisotopic (exact) mass is 309 g/mol. The Kier molecular flexibility index (Phi) is 5.37. The van der Waals surface area contributed by atoms with Crippen LogP contribution in [0.25, 0.3) is 0 Å². The Balaban J connectivity index is 1.59. The summed E-state index contributed by atoms with van der Waals surface area (Å²) >= 11 is 0. The summed E-state index contributed by atoms with van der Waals surface area (Å²) in [6, 6.07) is -0.211. The Morgan fingerprint density at radius 1 is 1.14 bits per heavy atom. The molecule has 1 saturated carbocycles. The number of hydrogen-bond donors (Lipinski definition) is 3. The average Bonchev–Trinajstić information content (AvgIpc) is 3.01. The van der Waals surface area contributed by atoms with Crippen LogP contribution in [-0.4, -0.2) is 59.8 Å². The zero-order chi connectivity index (χ0) is 15.4. The fourth-order valence-electron chi connectivity index (χ4n) is 4.47. The van der Waals surface area contributed by atoms with E-state index in [4.69, 9.17) is 0 Å². The molecule has 5 heteroatoms. The van der Waals surface area contributed by atoms with Crippen LogP contribution >= 0.6 is 0 Å². The summed E-state index contributed by atoms with van der Waals surface area (Å²) in [5.74, 6) is 0.0681. The molecule has 2 atom stereocenters. The van der Waals surface area contributed by atoms with Gasteiger partial charge in [-0.15, -0.1) is 0 Å². The summed E-state index contributed by atoms with van der Waals surface area (Å²) in [6.07, 6.45) is 10.5. The number of likely N-dealkylation sites (tertiary alicyclic amines) is 1. The Hall–Kier alpha value is -0.650. The summed E-state index contributed by atoms with van der Waals surface area (Å²) in [5, 5.41) is 15.9. The van der Waals surface area contributed by atoms with Gasteiger partial charge in [-0.05, 0) is 45.2 Å². The van der Waals surface area contributed by atoms with E-state index in [1.807, 2.05) is 0 Å². The third-order valence-electron chi connectivity index (χ3n) is 5.83. The second-order valence-corrected chi connectivity index (χ2v) is 7.40. The van der Waals surface area contributed by atoms with Gasteiger partial charge in [0.15, 0.2) is 0 Å². The normalized spacial score (nSPS) is 32.8. The minimum Gasteiger partial charge on any atom is -0.392 e. The number of aliphatic hydroxyl groups excluding tert-OH is 1. The maximum Gasteiger partial charge on any atom is 0.237 e. The van der Waals surface area contributed by atoms with Gasteiger partial charge < -0.3 is 15.7 Å². The number of aliphatic hydroxyl groups is 1. The number of amides is 1. The number of β-amino-alcohol motifs (C(OH)–C–C–N with tert-alkyl or cyclic N) is 1. The van der Waals surface area contributed by atoms with Crippen LogP contribution in [0.5, 0.6) is 0 Å². The molecule has 5 nitrogen and oxygen atoms in total. The Labute approximate surface area is 133 Å². The number of carbonyl (C=O) groups excluding carboxylic acids is 1. The fraction of sp³-hybridized carbons (Fsp3) is 0.941. The van der Waals surface area contributed by atoms with Crippen molar-refractivity contribution >= 4 is 5.91 Å². The van der Waals surface area contributed by atoms with Gasteiger partial charge in [-0.3, -0.25) is 9.69 Å². The minimum absolute atomic E-state index is 0.0681. The van der Waals surface area contributed by atoms with E-state index in [2.05, 4.69) is 15.5 Å². The van der Waals surface area contributed by atoms with Crippen molar-refractivity contribution in [2.75, 3.05) is 26.2 Å². The van der Waals surface area contributed by atoms with Gasteiger partial charge in [-0.1, -0.05) is 25.7 Å². The van der Waals surface area contributed by atoms with Crippen LogP contribution in [0.1, 0.15) is 57.8 Å². The number of rotatable bonds is 4. The maximum absolute atomic E-state index is 12.4. The van der Waals surface area contributed by atoms with E-state index in [0.717, 1.165) is 6.54 Å². The van der Waals surface area contributed by atoms with Crippen LogP contribution in [0, 0.1) is 0 Å². The number of nitrogens with one attached hydrogen (secondary N) is 2. The van der Waals surface area contributed by atoms with Gasteiger partial charge in [0, 0.05) is 18.6 Å². The van der Waals surface area contributed by atoms with E-state index in [-0.39, 0.29) is 23.6 Å². The molecule has 0 bridgehead atoms. The van der Waals surface area contributed by atoms with Crippen molar-refractivity contribution < 1.29 is 9.90 Å². The molecule has 1 aliphatic carbocycles. The van der Waals surface area contributed by atoms with Crippen molar-refractivity contribution in [3.8, 4) is 0 Å². The summed E-state index contributed by atoms with van der Waals surface area (Å²) in [6.45, 7) is 3.70. The summed E-state index contributed by atoms with van der Waals surface area (Å²) < 4.78 is 0. The first-order valence-corrected chi connectivity index (χ1v) is 9.14. The second kappa shape index (κ2) is 7.28. The van der Waals surface area contributed by atoms with Crippen molar-refractivity contribution in [3.05, 3.63) is 0 Å². The van der Waals surface area contributed by atoms with Gasteiger partial charge in [0.25, 0.3) is 0 Å². The molecule has 1 amide bonds. The lowest BCUT2D eigenvalue weighted by Crippen LogP contribution is -2.59. The summed E-state index contributed by atoms with van der Waals surface area (Å²) in [4.78, 5) is 15.0. The smallest absolute Gasteiger partial charge is 0.237 e. The van der Waals surface area contributed by atoms with Crippen LogP contribution in [0.2, 0.25) is 0 Å². The molecule has 2 heterocycles. The molecule has 2 saturated heterocycles. The number of hydrogen-bond acceptors (Lipinski definition) is 4. The van der Waals surface area contributed by atoms with Gasteiger partial charge >= 0.3 is 0 Å². The van der Waals surface area contributed by atoms with E-state index in [0.29, 0.717) is 13.0 Å². The molecule has 3 rings (SSSR count). The van der Waals surface area contributed by atoms with Crippen molar-refractivity contribution in [2.24, 2.45) is 0 Å². The van der Waals surface area contributed by atoms with Crippen LogP contribution in [-0.2, 0) is 4.79 Å². The molecule has 2 aliphatic heterocycles. The zero-order valence-corrected chi connectivity index (χ0v) is 13.6.